The van der Waals surface area contributed by atoms with Crippen LogP contribution >= 0.6 is 63.7 Å². The van der Waals surface area contributed by atoms with Gasteiger partial charge in [-0.3, -0.25) is 19.2 Å². The highest BCUT2D eigenvalue weighted by molar-refractivity contribution is 9.11. The first-order chi connectivity index (χ1) is 33.6. The van der Waals surface area contributed by atoms with Gasteiger partial charge in [0.15, 0.2) is 0 Å². The summed E-state index contributed by atoms with van der Waals surface area (Å²) in [4.78, 5) is 50.5. The molecule has 0 radical (unpaired) electrons. The van der Waals surface area contributed by atoms with Crippen LogP contribution < -0.4 is 18.9 Å². The van der Waals surface area contributed by atoms with Gasteiger partial charge in [0.2, 0.25) is 0 Å². The lowest BCUT2D eigenvalue weighted by Gasteiger charge is -2.17. The third kappa shape index (κ3) is 20.4. The fourth-order valence-electron chi connectivity index (χ4n) is 8.08. The molecule has 0 saturated carbocycles. The van der Waals surface area contributed by atoms with Gasteiger partial charge in [0.25, 0.3) is 0 Å². The van der Waals surface area contributed by atoms with Gasteiger partial charge in [-0.05, 0) is 214 Å². The Morgan fingerprint density at radius 1 is 0.386 bits per heavy atom. The van der Waals surface area contributed by atoms with Crippen LogP contribution in [-0.4, -0.2) is 50.3 Å². The minimum atomic E-state index is -0.255. The summed E-state index contributed by atoms with van der Waals surface area (Å²) >= 11 is 14.3. The average molecular weight is 1220 g/mol. The number of benzene rings is 4. The average Bonchev–Trinajstić information content (AvgIpc) is 3.32. The molecule has 10 nitrogen and oxygen atoms in total. The van der Waals surface area contributed by atoms with Crippen LogP contribution in [0.5, 0.6) is 23.0 Å². The SMILES string of the molecule is CCC[C@@H](Cc1ccc(OC(=O)[C@@H](CCC)Cc2cc(Br)c(OCC)c(Br)c2)cc1)C(=O)OCC.CCC[C@@H](Cc1ccc(OC(=O)[C@@H](CCC)Cc2cc(Br)c(OCC)c(Br)c2)cc1)C(=O)OCC. The van der Waals surface area contributed by atoms with E-state index in [9.17, 15) is 19.2 Å². The molecule has 384 valence electrons. The molecule has 0 saturated heterocycles. The number of carbonyl (C=O) groups is 4. The van der Waals surface area contributed by atoms with E-state index in [0.29, 0.717) is 63.6 Å². The summed E-state index contributed by atoms with van der Waals surface area (Å²) in [6.07, 6.45) is 9.00. The molecule has 0 aliphatic carbocycles. The van der Waals surface area contributed by atoms with Gasteiger partial charge in [0.05, 0.1) is 68.0 Å². The molecule has 0 amide bonds. The molecule has 0 N–H and O–H groups in total. The van der Waals surface area contributed by atoms with Crippen LogP contribution in [0, 0.1) is 23.7 Å². The van der Waals surface area contributed by atoms with Crippen molar-refractivity contribution < 1.29 is 47.6 Å². The van der Waals surface area contributed by atoms with Crippen LogP contribution in [0.25, 0.3) is 0 Å². The molecule has 14 heteroatoms. The van der Waals surface area contributed by atoms with Gasteiger partial charge in [-0.2, -0.15) is 0 Å². The normalized spacial score (nSPS) is 12.6. The molecule has 0 bridgehead atoms. The van der Waals surface area contributed by atoms with E-state index in [0.717, 1.165) is 103 Å². The van der Waals surface area contributed by atoms with E-state index in [2.05, 4.69) is 91.4 Å². The zero-order valence-corrected chi connectivity index (χ0v) is 48.5. The van der Waals surface area contributed by atoms with E-state index in [-0.39, 0.29) is 47.5 Å². The summed E-state index contributed by atoms with van der Waals surface area (Å²) in [5.74, 6) is 0.930. The van der Waals surface area contributed by atoms with Crippen LogP contribution in [0.1, 0.15) is 129 Å². The Hall–Kier alpha value is -3.72. The predicted molar refractivity (Wildman–Crippen MR) is 292 cm³/mol. The van der Waals surface area contributed by atoms with E-state index < -0.39 is 0 Å². The monoisotopic (exact) mass is 1220 g/mol. The molecule has 70 heavy (non-hydrogen) atoms. The Kier molecular flexibility index (Phi) is 28.6. The Balaban J connectivity index is 0.000000370. The highest BCUT2D eigenvalue weighted by Crippen LogP contribution is 2.37. The fraction of sp³-hybridized carbons (Fsp3) is 0.500. The first kappa shape index (κ1) is 60.6. The Morgan fingerprint density at radius 2 is 0.657 bits per heavy atom. The molecule has 0 aromatic heterocycles. The minimum absolute atomic E-state index is 0.153. The molecule has 4 atom stereocenters. The second-order valence-electron chi connectivity index (χ2n) is 17.0. The number of rotatable bonds is 28. The van der Waals surface area contributed by atoms with Crippen LogP contribution in [0.3, 0.4) is 0 Å². The molecule has 0 unspecified atom stereocenters. The molecule has 4 rings (SSSR count). The first-order valence-corrected chi connectivity index (χ1v) is 28.0. The largest absolute Gasteiger partial charge is 0.492 e. The summed E-state index contributed by atoms with van der Waals surface area (Å²) in [7, 11) is 0. The van der Waals surface area contributed by atoms with E-state index in [1.807, 2.05) is 76.2 Å². The maximum atomic E-state index is 13.0. The fourth-order valence-corrected chi connectivity index (χ4v) is 11.1. The summed E-state index contributed by atoms with van der Waals surface area (Å²) in [5, 5.41) is 0. The molecule has 0 aliphatic rings. The third-order valence-corrected chi connectivity index (χ3v) is 13.7. The van der Waals surface area contributed by atoms with Crippen LogP contribution in [0.4, 0.5) is 0 Å². The number of hydrogen-bond acceptors (Lipinski definition) is 10. The van der Waals surface area contributed by atoms with Crippen molar-refractivity contribution in [3.8, 4) is 23.0 Å². The lowest BCUT2D eigenvalue weighted by molar-refractivity contribution is -0.149. The molecular weight excluding hydrogens is 1150 g/mol. The summed E-state index contributed by atoms with van der Waals surface area (Å²) in [5.41, 5.74) is 4.09. The molecule has 4 aromatic rings. The van der Waals surface area contributed by atoms with Crippen LogP contribution in [0.15, 0.2) is 90.7 Å². The molecule has 0 heterocycles. The Bertz CT molecular complexity index is 2030. The zero-order chi connectivity index (χ0) is 51.6. The van der Waals surface area contributed by atoms with Crippen molar-refractivity contribution >= 4 is 87.6 Å². The molecular formula is C56H72Br4O10. The topological polar surface area (TPSA) is 124 Å². The van der Waals surface area contributed by atoms with Crippen LogP contribution in [0.2, 0.25) is 0 Å². The van der Waals surface area contributed by atoms with Gasteiger partial charge in [-0.25, -0.2) is 0 Å². The van der Waals surface area contributed by atoms with Crippen molar-refractivity contribution in [3.63, 3.8) is 0 Å². The molecule has 0 fully saturated rings. The number of hydrogen-bond donors (Lipinski definition) is 0. The van der Waals surface area contributed by atoms with E-state index in [1.165, 1.54) is 0 Å². The lowest BCUT2D eigenvalue weighted by Crippen LogP contribution is -2.23. The standard InChI is InChI=1S/2C28H36Br2O5/c2*1-5-9-21(27(31)34-8-4)15-19-11-13-23(14-12-19)35-28(32)22(10-6-2)16-20-17-24(29)26(33-7-3)25(30)18-20/h2*11-14,17-18,21-22H,5-10,15-16H2,1-4H3/t2*21-,22-/m00/s1. The summed E-state index contributed by atoms with van der Waals surface area (Å²) in [6, 6.07) is 22.9. The highest BCUT2D eigenvalue weighted by Gasteiger charge is 2.25. The number of ether oxygens (including phenoxy) is 6. The van der Waals surface area contributed by atoms with Gasteiger partial charge in [0, 0.05) is 0 Å². The van der Waals surface area contributed by atoms with Crippen molar-refractivity contribution in [2.45, 2.75) is 132 Å². The van der Waals surface area contributed by atoms with Gasteiger partial charge in [-0.1, -0.05) is 77.6 Å². The van der Waals surface area contributed by atoms with Crippen molar-refractivity contribution in [1.29, 1.82) is 0 Å². The van der Waals surface area contributed by atoms with Crippen LogP contribution in [-0.2, 0) is 54.3 Å². The number of carbonyl (C=O) groups excluding carboxylic acids is 4. The minimum Gasteiger partial charge on any atom is -0.492 e. The van der Waals surface area contributed by atoms with Crippen molar-refractivity contribution in [3.05, 3.63) is 113 Å². The predicted octanol–water partition coefficient (Wildman–Crippen LogP) is 15.4. The quantitative estimate of drug-likeness (QED) is 0.0401. The molecule has 0 spiro atoms. The smallest absolute Gasteiger partial charge is 0.314 e. The van der Waals surface area contributed by atoms with Gasteiger partial charge in [0.1, 0.15) is 23.0 Å². The molecule has 0 aliphatic heterocycles. The van der Waals surface area contributed by atoms with Crippen molar-refractivity contribution in [2.24, 2.45) is 23.7 Å². The Morgan fingerprint density at radius 3 is 0.914 bits per heavy atom. The van der Waals surface area contributed by atoms with E-state index in [1.54, 1.807) is 24.3 Å². The summed E-state index contributed by atoms with van der Waals surface area (Å²) in [6.45, 7) is 17.7. The second-order valence-corrected chi connectivity index (χ2v) is 20.5. The lowest BCUT2D eigenvalue weighted by atomic mass is 9.94. The van der Waals surface area contributed by atoms with E-state index >= 15 is 0 Å². The number of halogens is 4. The maximum absolute atomic E-state index is 13.0. The number of esters is 4. The van der Waals surface area contributed by atoms with Gasteiger partial charge in [-0.15, -0.1) is 0 Å². The van der Waals surface area contributed by atoms with Gasteiger partial charge < -0.3 is 28.4 Å². The third-order valence-electron chi connectivity index (χ3n) is 11.4. The maximum Gasteiger partial charge on any atom is 0.314 e. The van der Waals surface area contributed by atoms with Gasteiger partial charge >= 0.3 is 23.9 Å². The summed E-state index contributed by atoms with van der Waals surface area (Å²) < 4.78 is 36.6. The van der Waals surface area contributed by atoms with Crippen molar-refractivity contribution in [1.82, 2.24) is 0 Å². The van der Waals surface area contributed by atoms with Crippen molar-refractivity contribution in [2.75, 3.05) is 26.4 Å². The second kappa shape index (κ2) is 33.1. The zero-order valence-electron chi connectivity index (χ0n) is 42.1. The first-order valence-electron chi connectivity index (χ1n) is 24.8. The molecule has 4 aromatic carbocycles. The highest BCUT2D eigenvalue weighted by atomic mass is 79.9. The van der Waals surface area contributed by atoms with E-state index in [4.69, 9.17) is 28.4 Å². The Labute approximate surface area is 450 Å².